The molecular formula is C11H21N3O. The number of likely N-dealkylation sites (N-methyl/N-ethyl adjacent to an activating group) is 1. The molecule has 1 fully saturated rings. The largest absolute Gasteiger partial charge is 0.351 e. The molecule has 0 aromatic rings. The van der Waals surface area contributed by atoms with Gasteiger partial charge < -0.3 is 16.0 Å². The van der Waals surface area contributed by atoms with Crippen LogP contribution in [0.3, 0.4) is 0 Å². The Morgan fingerprint density at radius 1 is 1.80 bits per heavy atom. The van der Waals surface area contributed by atoms with Crippen LogP contribution in [-0.4, -0.2) is 43.0 Å². The van der Waals surface area contributed by atoms with E-state index in [4.69, 9.17) is 5.73 Å². The number of carbonyl (C=O) groups is 1. The molecule has 1 rings (SSSR count). The Morgan fingerprint density at radius 2 is 2.53 bits per heavy atom. The molecule has 3 N–H and O–H groups in total. The van der Waals surface area contributed by atoms with Crippen molar-refractivity contribution >= 4 is 5.91 Å². The summed E-state index contributed by atoms with van der Waals surface area (Å²) < 4.78 is 0. The highest BCUT2D eigenvalue weighted by atomic mass is 16.2. The summed E-state index contributed by atoms with van der Waals surface area (Å²) in [6.07, 6.45) is 4.40. The van der Waals surface area contributed by atoms with Crippen molar-refractivity contribution in [2.45, 2.75) is 31.3 Å². The predicted octanol–water partition coefficient (Wildman–Crippen LogP) is 0.100. The number of rotatable bonds is 4. The van der Waals surface area contributed by atoms with Crippen molar-refractivity contribution in [1.82, 2.24) is 10.2 Å². The molecule has 1 aliphatic heterocycles. The van der Waals surface area contributed by atoms with Gasteiger partial charge in [-0.05, 0) is 32.9 Å². The maximum atomic E-state index is 11.6. The van der Waals surface area contributed by atoms with Crippen molar-refractivity contribution in [1.29, 1.82) is 0 Å². The van der Waals surface area contributed by atoms with Crippen molar-refractivity contribution in [3.63, 3.8) is 0 Å². The zero-order valence-electron chi connectivity index (χ0n) is 9.41. The number of hydrogen-bond acceptors (Lipinski definition) is 3. The lowest BCUT2D eigenvalue weighted by atomic mass is 10.1. The van der Waals surface area contributed by atoms with Crippen LogP contribution in [0.25, 0.3) is 0 Å². The maximum Gasteiger partial charge on any atom is 0.237 e. The first kappa shape index (κ1) is 12.2. The SMILES string of the molecule is C=CCC(N)C(=O)NC1CCCN(C)C1. The average Bonchev–Trinajstić information content (AvgIpc) is 2.18. The smallest absolute Gasteiger partial charge is 0.237 e. The monoisotopic (exact) mass is 211 g/mol. The van der Waals surface area contributed by atoms with Crippen molar-refractivity contribution in [3.8, 4) is 0 Å². The highest BCUT2D eigenvalue weighted by molar-refractivity contribution is 5.81. The summed E-state index contributed by atoms with van der Waals surface area (Å²) in [7, 11) is 2.07. The van der Waals surface area contributed by atoms with E-state index in [0.717, 1.165) is 25.9 Å². The van der Waals surface area contributed by atoms with Gasteiger partial charge in [-0.3, -0.25) is 4.79 Å². The normalized spacial score (nSPS) is 24.5. The van der Waals surface area contributed by atoms with Gasteiger partial charge in [0.05, 0.1) is 6.04 Å². The summed E-state index contributed by atoms with van der Waals surface area (Å²) in [5.74, 6) is -0.0600. The number of hydrogen-bond donors (Lipinski definition) is 2. The van der Waals surface area contributed by atoms with E-state index in [2.05, 4.69) is 23.8 Å². The van der Waals surface area contributed by atoms with E-state index < -0.39 is 6.04 Å². The summed E-state index contributed by atoms with van der Waals surface area (Å²) in [5.41, 5.74) is 5.68. The van der Waals surface area contributed by atoms with E-state index in [0.29, 0.717) is 6.42 Å². The summed E-state index contributed by atoms with van der Waals surface area (Å²) in [5, 5.41) is 2.98. The van der Waals surface area contributed by atoms with Gasteiger partial charge in [0.1, 0.15) is 0 Å². The van der Waals surface area contributed by atoms with E-state index in [1.54, 1.807) is 6.08 Å². The Balaban J connectivity index is 2.33. The van der Waals surface area contributed by atoms with Gasteiger partial charge in [-0.1, -0.05) is 6.08 Å². The summed E-state index contributed by atoms with van der Waals surface area (Å²) in [6.45, 7) is 5.61. The van der Waals surface area contributed by atoms with Crippen LogP contribution in [0.15, 0.2) is 12.7 Å². The minimum Gasteiger partial charge on any atom is -0.351 e. The van der Waals surface area contributed by atoms with Crippen LogP contribution in [-0.2, 0) is 4.79 Å². The molecule has 0 spiro atoms. The molecule has 15 heavy (non-hydrogen) atoms. The van der Waals surface area contributed by atoms with Crippen molar-refractivity contribution in [3.05, 3.63) is 12.7 Å². The lowest BCUT2D eigenvalue weighted by Gasteiger charge is -2.30. The second-order valence-corrected chi connectivity index (χ2v) is 4.24. The average molecular weight is 211 g/mol. The van der Waals surface area contributed by atoms with Gasteiger partial charge in [-0.25, -0.2) is 0 Å². The number of nitrogens with zero attached hydrogens (tertiary/aromatic N) is 1. The first-order chi connectivity index (χ1) is 7.13. The molecule has 0 bridgehead atoms. The molecule has 86 valence electrons. The van der Waals surface area contributed by atoms with Crippen molar-refractivity contribution < 1.29 is 4.79 Å². The predicted molar refractivity (Wildman–Crippen MR) is 61.5 cm³/mol. The number of carbonyl (C=O) groups excluding carboxylic acids is 1. The van der Waals surface area contributed by atoms with E-state index in [9.17, 15) is 4.79 Å². The van der Waals surface area contributed by atoms with Gasteiger partial charge in [0.25, 0.3) is 0 Å². The standard InChI is InChI=1S/C11H21N3O/c1-3-5-10(12)11(15)13-9-6-4-7-14(2)8-9/h3,9-10H,1,4-8,12H2,2H3,(H,13,15). The summed E-state index contributed by atoms with van der Waals surface area (Å²) >= 11 is 0. The van der Waals surface area contributed by atoms with Crippen molar-refractivity contribution in [2.75, 3.05) is 20.1 Å². The Hall–Kier alpha value is -0.870. The highest BCUT2D eigenvalue weighted by Crippen LogP contribution is 2.08. The van der Waals surface area contributed by atoms with Crippen LogP contribution in [0.4, 0.5) is 0 Å². The first-order valence-electron chi connectivity index (χ1n) is 5.49. The van der Waals surface area contributed by atoms with E-state index in [1.165, 1.54) is 0 Å². The number of nitrogens with one attached hydrogen (secondary N) is 1. The fraction of sp³-hybridized carbons (Fsp3) is 0.727. The fourth-order valence-electron chi connectivity index (χ4n) is 1.88. The van der Waals surface area contributed by atoms with Gasteiger partial charge in [0.2, 0.25) is 5.91 Å². The molecule has 1 heterocycles. The third-order valence-electron chi connectivity index (χ3n) is 2.73. The highest BCUT2D eigenvalue weighted by Gasteiger charge is 2.21. The van der Waals surface area contributed by atoms with E-state index in [1.807, 2.05) is 0 Å². The zero-order valence-corrected chi connectivity index (χ0v) is 9.41. The zero-order chi connectivity index (χ0) is 11.3. The second kappa shape index (κ2) is 5.88. The minimum atomic E-state index is -0.449. The van der Waals surface area contributed by atoms with Crippen LogP contribution < -0.4 is 11.1 Å². The molecule has 0 radical (unpaired) electrons. The van der Waals surface area contributed by atoms with Gasteiger partial charge in [-0.2, -0.15) is 0 Å². The lowest BCUT2D eigenvalue weighted by molar-refractivity contribution is -0.123. The van der Waals surface area contributed by atoms with Crippen LogP contribution in [0.1, 0.15) is 19.3 Å². The van der Waals surface area contributed by atoms with Crippen LogP contribution in [0, 0.1) is 0 Å². The Bertz CT molecular complexity index is 230. The molecule has 0 aromatic heterocycles. The molecule has 1 amide bonds. The molecular weight excluding hydrogens is 190 g/mol. The molecule has 1 aliphatic rings. The maximum absolute atomic E-state index is 11.6. The van der Waals surface area contributed by atoms with Crippen LogP contribution >= 0.6 is 0 Å². The molecule has 4 nitrogen and oxygen atoms in total. The molecule has 4 heteroatoms. The molecule has 2 unspecified atom stereocenters. The number of amides is 1. The number of likely N-dealkylation sites (tertiary alicyclic amines) is 1. The number of piperidine rings is 1. The quantitative estimate of drug-likeness (QED) is 0.648. The van der Waals surface area contributed by atoms with Gasteiger partial charge >= 0.3 is 0 Å². The lowest BCUT2D eigenvalue weighted by Crippen LogP contribution is -2.50. The first-order valence-corrected chi connectivity index (χ1v) is 5.49. The van der Waals surface area contributed by atoms with E-state index >= 15 is 0 Å². The molecule has 2 atom stereocenters. The molecule has 0 aliphatic carbocycles. The van der Waals surface area contributed by atoms with E-state index in [-0.39, 0.29) is 11.9 Å². The topological polar surface area (TPSA) is 58.4 Å². The molecule has 1 saturated heterocycles. The molecule has 0 saturated carbocycles. The molecule has 0 aromatic carbocycles. The summed E-state index contributed by atoms with van der Waals surface area (Å²) in [4.78, 5) is 13.8. The van der Waals surface area contributed by atoms with Gasteiger partial charge in [0.15, 0.2) is 0 Å². The fourth-order valence-corrected chi connectivity index (χ4v) is 1.88. The Labute approximate surface area is 91.5 Å². The minimum absolute atomic E-state index is 0.0600. The Morgan fingerprint density at radius 3 is 3.13 bits per heavy atom. The van der Waals surface area contributed by atoms with Gasteiger partial charge in [-0.15, -0.1) is 6.58 Å². The van der Waals surface area contributed by atoms with Crippen LogP contribution in [0.5, 0.6) is 0 Å². The third kappa shape index (κ3) is 4.01. The second-order valence-electron chi connectivity index (χ2n) is 4.24. The van der Waals surface area contributed by atoms with Gasteiger partial charge in [0, 0.05) is 12.6 Å². The Kier molecular flexibility index (Phi) is 4.78. The third-order valence-corrected chi connectivity index (χ3v) is 2.73. The van der Waals surface area contributed by atoms with Crippen LogP contribution in [0.2, 0.25) is 0 Å². The number of nitrogens with two attached hydrogens (primary N) is 1. The summed E-state index contributed by atoms with van der Waals surface area (Å²) in [6, 6.07) is -0.193. The van der Waals surface area contributed by atoms with Crippen molar-refractivity contribution in [2.24, 2.45) is 5.73 Å².